The van der Waals surface area contributed by atoms with Crippen LogP contribution < -0.4 is 30.7 Å². The molecule has 4 bridgehead atoms. The molecular formula is C42H44Cl2F2N8O4. The van der Waals surface area contributed by atoms with Crippen molar-refractivity contribution in [1.82, 2.24) is 30.6 Å². The van der Waals surface area contributed by atoms with Crippen LogP contribution in [0.3, 0.4) is 0 Å². The largest absolute Gasteiger partial charge is 0.497 e. The van der Waals surface area contributed by atoms with E-state index in [0.29, 0.717) is 0 Å². The summed E-state index contributed by atoms with van der Waals surface area (Å²) < 4.78 is 38.6. The highest BCUT2D eigenvalue weighted by atomic mass is 35.5. The molecular weight excluding hydrogens is 789 g/mol. The van der Waals surface area contributed by atoms with Gasteiger partial charge in [-0.25, -0.2) is 18.7 Å². The first-order valence-corrected chi connectivity index (χ1v) is 19.8. The average Bonchev–Trinajstić information content (AvgIpc) is 4.04. The van der Waals surface area contributed by atoms with E-state index in [4.69, 9.17) is 32.7 Å². The second-order valence-electron chi connectivity index (χ2n) is 15.0. The molecule has 0 aliphatic heterocycles. The molecule has 4 N–H and O–H groups in total. The second kappa shape index (κ2) is 17.7. The lowest BCUT2D eigenvalue weighted by Gasteiger charge is -2.29. The smallest absolute Gasteiger partial charge is 0.226 e. The Labute approximate surface area is 345 Å². The van der Waals surface area contributed by atoms with Gasteiger partial charge in [0.1, 0.15) is 11.5 Å². The molecule has 2 aromatic heterocycles. The van der Waals surface area contributed by atoms with Crippen LogP contribution in [-0.2, 0) is 9.59 Å². The fourth-order valence-electron chi connectivity index (χ4n) is 8.53. The number of nitrogens with zero attached hydrogens (tertiary/aromatic N) is 4. The number of hydrogen-bond donors (Lipinski definition) is 4. The highest BCUT2D eigenvalue weighted by Gasteiger charge is 2.50. The van der Waals surface area contributed by atoms with Gasteiger partial charge in [-0.2, -0.15) is 9.97 Å². The predicted molar refractivity (Wildman–Crippen MR) is 216 cm³/mol. The van der Waals surface area contributed by atoms with Gasteiger partial charge >= 0.3 is 0 Å². The van der Waals surface area contributed by atoms with E-state index in [-0.39, 0.29) is 93.7 Å². The lowest BCUT2D eigenvalue weighted by molar-refractivity contribution is -0.127. The van der Waals surface area contributed by atoms with Crippen molar-refractivity contribution < 1.29 is 27.8 Å². The lowest BCUT2D eigenvalue weighted by Crippen LogP contribution is -2.44. The molecule has 8 rings (SSSR count). The quantitative estimate of drug-likeness (QED) is 0.0834. The van der Waals surface area contributed by atoms with E-state index < -0.39 is 11.6 Å². The second-order valence-corrected chi connectivity index (χ2v) is 15.6. The normalized spacial score (nSPS) is 25.7. The third-order valence-electron chi connectivity index (χ3n) is 11.5. The van der Waals surface area contributed by atoms with E-state index in [1.807, 2.05) is 62.4 Å². The molecule has 304 valence electrons. The third-order valence-corrected chi connectivity index (χ3v) is 11.9. The van der Waals surface area contributed by atoms with Gasteiger partial charge in [-0.05, 0) is 109 Å². The summed E-state index contributed by atoms with van der Waals surface area (Å²) in [5.41, 5.74) is 1.96. The molecule has 0 radical (unpaired) electrons. The van der Waals surface area contributed by atoms with Gasteiger partial charge in [-0.1, -0.05) is 48.6 Å². The highest BCUT2D eigenvalue weighted by Crippen LogP contribution is 2.46. The zero-order valence-corrected chi connectivity index (χ0v) is 33.7. The summed E-state index contributed by atoms with van der Waals surface area (Å²) >= 11 is 11.6. The number of anilines is 2. The fourth-order valence-corrected chi connectivity index (χ4v) is 8.80. The number of ether oxygens (including phenoxy) is 2. The summed E-state index contributed by atoms with van der Waals surface area (Å²) in [5, 5.41) is 12.3. The van der Waals surface area contributed by atoms with E-state index in [2.05, 4.69) is 65.5 Å². The minimum Gasteiger partial charge on any atom is -0.497 e. The first-order chi connectivity index (χ1) is 27.9. The minimum atomic E-state index is -0.591. The van der Waals surface area contributed by atoms with Gasteiger partial charge in [0.05, 0.1) is 50.5 Å². The molecule has 2 fully saturated rings. The van der Waals surface area contributed by atoms with Crippen molar-refractivity contribution in [3.05, 3.63) is 119 Å². The van der Waals surface area contributed by atoms with E-state index in [9.17, 15) is 18.4 Å². The maximum atomic E-state index is 14.1. The molecule has 0 saturated heterocycles. The first-order valence-electron chi connectivity index (χ1n) is 19.1. The number of rotatable bonds is 12. The Morgan fingerprint density at radius 3 is 1.36 bits per heavy atom. The number of nitrogens with one attached hydrogen (secondary N) is 4. The average molecular weight is 834 g/mol. The number of halogens is 4. The van der Waals surface area contributed by atoms with E-state index in [1.165, 1.54) is 0 Å². The number of benzene rings is 2. The van der Waals surface area contributed by atoms with Gasteiger partial charge in [0.25, 0.3) is 0 Å². The molecule has 58 heavy (non-hydrogen) atoms. The molecule has 2 saturated carbocycles. The monoisotopic (exact) mass is 832 g/mol. The van der Waals surface area contributed by atoms with Crippen molar-refractivity contribution in [3.63, 3.8) is 0 Å². The molecule has 2 amide bonds. The van der Waals surface area contributed by atoms with Gasteiger partial charge in [0.15, 0.2) is 23.3 Å². The maximum Gasteiger partial charge on any atom is 0.226 e. The van der Waals surface area contributed by atoms with E-state index in [0.717, 1.165) is 47.9 Å². The number of carbonyl (C=O) groups excluding carboxylic acids is 2. The SMILES string of the molecule is COc1ccc([C@@H](C)NC(=O)[C@@H]2[C@H](Nc3nc(Cl)ncc3F)[C@H]3C=C[C@@H]2C3)cc1.COc1ccc([C@@H](C)NC(=O)[C@H]2[C@@H](Nc3nc(Cl)ncc3F)[C@@H]3C=C[C@H]2C3)cc1. The van der Waals surface area contributed by atoms with Crippen molar-refractivity contribution >= 4 is 46.7 Å². The summed E-state index contributed by atoms with van der Waals surface area (Å²) in [6, 6.07) is 14.3. The van der Waals surface area contributed by atoms with Crippen LogP contribution >= 0.6 is 23.2 Å². The Bertz CT molecular complexity index is 2030. The van der Waals surface area contributed by atoms with Crippen LogP contribution in [0.4, 0.5) is 20.4 Å². The van der Waals surface area contributed by atoms with Crippen LogP contribution in [0.25, 0.3) is 0 Å². The first kappa shape index (κ1) is 40.8. The van der Waals surface area contributed by atoms with Crippen LogP contribution in [0.1, 0.15) is 49.9 Å². The van der Waals surface area contributed by atoms with Gasteiger partial charge < -0.3 is 30.7 Å². The molecule has 4 aromatic rings. The van der Waals surface area contributed by atoms with Crippen molar-refractivity contribution in [1.29, 1.82) is 0 Å². The Balaban J connectivity index is 0.000000177. The minimum absolute atomic E-state index is 0.0250. The molecule has 4 aliphatic carbocycles. The molecule has 2 aromatic carbocycles. The van der Waals surface area contributed by atoms with Crippen LogP contribution in [0.5, 0.6) is 11.5 Å². The predicted octanol–water partition coefficient (Wildman–Crippen LogP) is 7.52. The summed E-state index contributed by atoms with van der Waals surface area (Å²) in [7, 11) is 3.23. The lowest BCUT2D eigenvalue weighted by atomic mass is 9.87. The molecule has 10 atom stereocenters. The number of amides is 2. The molecule has 0 spiro atoms. The zero-order chi connectivity index (χ0) is 41.1. The van der Waals surface area contributed by atoms with Crippen LogP contribution in [0.15, 0.2) is 85.2 Å². The van der Waals surface area contributed by atoms with E-state index >= 15 is 0 Å². The topological polar surface area (TPSA) is 152 Å². The number of aromatic nitrogens is 4. The molecule has 4 aliphatic rings. The van der Waals surface area contributed by atoms with Gasteiger partial charge in [-0.3, -0.25) is 9.59 Å². The van der Waals surface area contributed by atoms with E-state index in [1.54, 1.807) is 14.2 Å². The summed E-state index contributed by atoms with van der Waals surface area (Å²) in [4.78, 5) is 41.4. The Hall–Kier alpha value is -5.34. The van der Waals surface area contributed by atoms with Crippen LogP contribution in [-0.4, -0.2) is 58.1 Å². The van der Waals surface area contributed by atoms with Crippen LogP contribution in [0.2, 0.25) is 10.6 Å². The van der Waals surface area contributed by atoms with Crippen molar-refractivity contribution in [2.75, 3.05) is 24.9 Å². The van der Waals surface area contributed by atoms with Gasteiger partial charge in [0.2, 0.25) is 22.4 Å². The number of hydrogen-bond acceptors (Lipinski definition) is 10. The zero-order valence-electron chi connectivity index (χ0n) is 32.2. The van der Waals surface area contributed by atoms with Gasteiger partial charge in [-0.15, -0.1) is 0 Å². The Morgan fingerprint density at radius 2 is 1.00 bits per heavy atom. The number of fused-ring (bicyclic) bond motifs is 4. The molecule has 16 heteroatoms. The maximum absolute atomic E-state index is 14.1. The number of carbonyl (C=O) groups is 2. The molecule has 12 nitrogen and oxygen atoms in total. The number of allylic oxidation sites excluding steroid dienone is 2. The van der Waals surface area contributed by atoms with Crippen molar-refractivity contribution in [3.8, 4) is 11.5 Å². The Kier molecular flexibility index (Phi) is 12.4. The summed E-state index contributed by atoms with van der Waals surface area (Å²) in [5.74, 6) is 0.125. The fraction of sp³-hybridized carbons (Fsp3) is 0.381. The Morgan fingerprint density at radius 1 is 0.638 bits per heavy atom. The molecule has 2 heterocycles. The summed E-state index contributed by atoms with van der Waals surface area (Å²) in [6.45, 7) is 3.88. The van der Waals surface area contributed by atoms with Crippen molar-refractivity contribution in [2.45, 2.75) is 50.9 Å². The number of methoxy groups -OCH3 is 2. The highest BCUT2D eigenvalue weighted by molar-refractivity contribution is 6.28. The summed E-state index contributed by atoms with van der Waals surface area (Å²) in [6.07, 6.45) is 12.1. The van der Waals surface area contributed by atoms with Gasteiger partial charge in [0, 0.05) is 12.1 Å². The molecule has 0 unspecified atom stereocenters. The van der Waals surface area contributed by atoms with Crippen molar-refractivity contribution in [2.24, 2.45) is 35.5 Å². The standard InChI is InChI=1S/2C21H22ClFN4O2/c2*1-11(12-5-7-15(29-2)8-6-12)25-20(28)17-13-3-4-14(9-13)18(17)26-19-16(23)10-24-21(22)27-19/h2*3-8,10-11,13-14,17-18H,9H2,1-2H3,(H,25,28)(H,24,26,27)/t11-,13+,14-,17-,18+;11-,13-,14+,17+,18-/m11/s1. The van der Waals surface area contributed by atoms with Crippen LogP contribution in [0, 0.1) is 47.1 Å². The third kappa shape index (κ3) is 8.87.